The fourth-order valence-corrected chi connectivity index (χ4v) is 4.90. The third-order valence-electron chi connectivity index (χ3n) is 6.75. The number of hydrogen-bond acceptors (Lipinski definition) is 3. The number of aromatic nitrogens is 1. The van der Waals surface area contributed by atoms with Crippen LogP contribution in [0.15, 0.2) is 18.2 Å². The van der Waals surface area contributed by atoms with Crippen LogP contribution in [0, 0.1) is 5.92 Å². The molecule has 2 aliphatic rings. The molecular weight excluding hydrogens is 330 g/mol. The summed E-state index contributed by atoms with van der Waals surface area (Å²) in [5.74, 6) is 0.841. The standard InChI is InChI=1S/C24H41N3/c1-22(2,3)21-12-10-11-20(25-21)16-24(6,7)27-17-19(18-27)15-23(4,5)26-13-8-9-14-26/h10-12,19H,8-9,13-18H2,1-7H3. The minimum absolute atomic E-state index is 0.114. The SMILES string of the molecule is CC(C)(C)c1cccc(CC(C)(C)N2CC(CC(C)(C)N3CCCC3)C2)n1. The molecule has 0 aliphatic carbocycles. The average molecular weight is 372 g/mol. The molecule has 0 spiro atoms. The van der Waals surface area contributed by atoms with Gasteiger partial charge in [-0.15, -0.1) is 0 Å². The van der Waals surface area contributed by atoms with Gasteiger partial charge in [0.25, 0.3) is 0 Å². The van der Waals surface area contributed by atoms with E-state index < -0.39 is 0 Å². The fraction of sp³-hybridized carbons (Fsp3) is 0.792. The Labute approximate surface area is 167 Å². The van der Waals surface area contributed by atoms with Crippen molar-refractivity contribution >= 4 is 0 Å². The van der Waals surface area contributed by atoms with E-state index in [9.17, 15) is 0 Å². The summed E-state index contributed by atoms with van der Waals surface area (Å²) in [5, 5.41) is 0. The van der Waals surface area contributed by atoms with E-state index in [0.29, 0.717) is 5.54 Å². The van der Waals surface area contributed by atoms with Gasteiger partial charge in [-0.2, -0.15) is 0 Å². The van der Waals surface area contributed by atoms with Gasteiger partial charge in [0.1, 0.15) is 0 Å². The Balaban J connectivity index is 1.55. The molecule has 0 bridgehead atoms. The summed E-state index contributed by atoms with van der Waals surface area (Å²) < 4.78 is 0. The summed E-state index contributed by atoms with van der Waals surface area (Å²) in [6.07, 6.45) is 5.12. The van der Waals surface area contributed by atoms with Crippen LogP contribution in [-0.2, 0) is 11.8 Å². The summed E-state index contributed by atoms with van der Waals surface area (Å²) in [7, 11) is 0. The van der Waals surface area contributed by atoms with Crippen molar-refractivity contribution in [1.29, 1.82) is 0 Å². The first-order chi connectivity index (χ1) is 12.5. The summed E-state index contributed by atoms with van der Waals surface area (Å²) in [5.41, 5.74) is 3.08. The van der Waals surface area contributed by atoms with Crippen molar-refractivity contribution in [2.45, 2.75) is 90.6 Å². The molecule has 2 fully saturated rings. The molecule has 0 atom stereocenters. The van der Waals surface area contributed by atoms with E-state index in [1.165, 1.54) is 56.8 Å². The van der Waals surface area contributed by atoms with E-state index in [1.807, 2.05) is 0 Å². The Hall–Kier alpha value is -0.930. The van der Waals surface area contributed by atoms with Crippen LogP contribution >= 0.6 is 0 Å². The van der Waals surface area contributed by atoms with Crippen LogP contribution in [0.1, 0.15) is 79.1 Å². The highest BCUT2D eigenvalue weighted by Crippen LogP contribution is 2.35. The average Bonchev–Trinajstić information content (AvgIpc) is 3.04. The van der Waals surface area contributed by atoms with Crippen molar-refractivity contribution in [3.63, 3.8) is 0 Å². The maximum absolute atomic E-state index is 4.97. The van der Waals surface area contributed by atoms with Crippen LogP contribution in [0.5, 0.6) is 0 Å². The zero-order valence-electron chi connectivity index (χ0n) is 18.8. The Morgan fingerprint density at radius 2 is 1.52 bits per heavy atom. The van der Waals surface area contributed by atoms with Crippen molar-refractivity contribution in [3.8, 4) is 0 Å². The van der Waals surface area contributed by atoms with Gasteiger partial charge in [-0.1, -0.05) is 26.8 Å². The largest absolute Gasteiger partial charge is 0.298 e. The van der Waals surface area contributed by atoms with Gasteiger partial charge in [-0.3, -0.25) is 14.8 Å². The lowest BCUT2D eigenvalue weighted by Crippen LogP contribution is -2.60. The third-order valence-corrected chi connectivity index (χ3v) is 6.75. The Bertz CT molecular complexity index is 629. The normalized spacial score (nSPS) is 20.9. The molecule has 0 saturated carbocycles. The second-order valence-electron chi connectivity index (χ2n) is 11.2. The fourth-order valence-electron chi connectivity index (χ4n) is 4.90. The molecule has 3 heterocycles. The van der Waals surface area contributed by atoms with Crippen LogP contribution in [0.3, 0.4) is 0 Å². The van der Waals surface area contributed by atoms with Gasteiger partial charge in [-0.25, -0.2) is 0 Å². The van der Waals surface area contributed by atoms with E-state index >= 15 is 0 Å². The second kappa shape index (κ2) is 7.48. The summed E-state index contributed by atoms with van der Waals surface area (Å²) in [4.78, 5) is 10.3. The van der Waals surface area contributed by atoms with Crippen LogP contribution in [0.2, 0.25) is 0 Å². The van der Waals surface area contributed by atoms with Crippen LogP contribution < -0.4 is 0 Å². The van der Waals surface area contributed by atoms with Crippen molar-refractivity contribution in [2.75, 3.05) is 26.2 Å². The summed E-state index contributed by atoms with van der Waals surface area (Å²) in [6.45, 7) is 21.5. The molecule has 1 aromatic heterocycles. The van der Waals surface area contributed by atoms with E-state index in [2.05, 4.69) is 76.5 Å². The Morgan fingerprint density at radius 3 is 2.11 bits per heavy atom. The number of likely N-dealkylation sites (tertiary alicyclic amines) is 2. The van der Waals surface area contributed by atoms with Gasteiger partial charge < -0.3 is 0 Å². The van der Waals surface area contributed by atoms with Crippen molar-refractivity contribution < 1.29 is 0 Å². The lowest BCUT2D eigenvalue weighted by molar-refractivity contribution is -0.0219. The molecule has 2 saturated heterocycles. The van der Waals surface area contributed by atoms with Crippen LogP contribution in [0.4, 0.5) is 0 Å². The van der Waals surface area contributed by atoms with Gasteiger partial charge in [0.05, 0.1) is 0 Å². The number of hydrogen-bond donors (Lipinski definition) is 0. The predicted octanol–water partition coefficient (Wildman–Crippen LogP) is 4.90. The molecule has 0 unspecified atom stereocenters. The predicted molar refractivity (Wildman–Crippen MR) is 115 cm³/mol. The minimum atomic E-state index is 0.114. The molecule has 0 aromatic carbocycles. The van der Waals surface area contributed by atoms with E-state index in [0.717, 1.165) is 12.3 Å². The minimum Gasteiger partial charge on any atom is -0.298 e. The maximum atomic E-state index is 4.97. The van der Waals surface area contributed by atoms with E-state index in [1.54, 1.807) is 0 Å². The maximum Gasteiger partial charge on any atom is 0.0460 e. The monoisotopic (exact) mass is 371 g/mol. The highest BCUT2D eigenvalue weighted by Gasteiger charge is 2.41. The van der Waals surface area contributed by atoms with Gasteiger partial charge in [0, 0.05) is 47.4 Å². The smallest absolute Gasteiger partial charge is 0.0460 e. The third kappa shape index (κ3) is 4.92. The van der Waals surface area contributed by atoms with E-state index in [4.69, 9.17) is 4.98 Å². The quantitative estimate of drug-likeness (QED) is 0.709. The first-order valence-corrected chi connectivity index (χ1v) is 10.9. The molecule has 0 amide bonds. The zero-order valence-corrected chi connectivity index (χ0v) is 18.8. The first kappa shape index (κ1) is 20.8. The van der Waals surface area contributed by atoms with Gasteiger partial charge >= 0.3 is 0 Å². The Kier molecular flexibility index (Phi) is 5.76. The van der Waals surface area contributed by atoms with Gasteiger partial charge in [0.15, 0.2) is 0 Å². The number of rotatable bonds is 6. The molecule has 2 aliphatic heterocycles. The van der Waals surface area contributed by atoms with Crippen LogP contribution in [0.25, 0.3) is 0 Å². The molecule has 1 aromatic rings. The van der Waals surface area contributed by atoms with Crippen LogP contribution in [-0.4, -0.2) is 52.0 Å². The molecule has 0 N–H and O–H groups in total. The van der Waals surface area contributed by atoms with Crippen molar-refractivity contribution in [2.24, 2.45) is 5.92 Å². The summed E-state index contributed by atoms with van der Waals surface area (Å²) >= 11 is 0. The molecule has 27 heavy (non-hydrogen) atoms. The first-order valence-electron chi connectivity index (χ1n) is 10.9. The van der Waals surface area contributed by atoms with Crippen molar-refractivity contribution in [3.05, 3.63) is 29.6 Å². The highest BCUT2D eigenvalue weighted by atomic mass is 15.3. The lowest BCUT2D eigenvalue weighted by atomic mass is 9.81. The molecule has 152 valence electrons. The molecule has 3 heteroatoms. The number of nitrogens with zero attached hydrogens (tertiary/aromatic N) is 3. The topological polar surface area (TPSA) is 19.4 Å². The highest BCUT2D eigenvalue weighted by molar-refractivity contribution is 5.19. The lowest BCUT2D eigenvalue weighted by Gasteiger charge is -2.52. The van der Waals surface area contributed by atoms with Crippen molar-refractivity contribution in [1.82, 2.24) is 14.8 Å². The number of pyridine rings is 1. The Morgan fingerprint density at radius 1 is 0.889 bits per heavy atom. The summed E-state index contributed by atoms with van der Waals surface area (Å²) in [6, 6.07) is 6.54. The molecule has 0 radical (unpaired) electrons. The zero-order chi connectivity index (χ0) is 19.9. The molecule has 3 nitrogen and oxygen atoms in total. The second-order valence-corrected chi connectivity index (χ2v) is 11.2. The van der Waals surface area contributed by atoms with Gasteiger partial charge in [-0.05, 0) is 78.1 Å². The van der Waals surface area contributed by atoms with Gasteiger partial charge in [0.2, 0.25) is 0 Å². The molecular formula is C24H41N3. The van der Waals surface area contributed by atoms with E-state index in [-0.39, 0.29) is 11.0 Å². The molecule has 3 rings (SSSR count).